The minimum Gasteiger partial charge on any atom is -0.462 e. The Balaban J connectivity index is 1.18. The Bertz CT molecular complexity index is 672. The van der Waals surface area contributed by atoms with Crippen LogP contribution in [0.25, 0.3) is 0 Å². The lowest BCUT2D eigenvalue weighted by Gasteiger charge is -2.08. The monoisotopic (exact) mass is 478 g/mol. The van der Waals surface area contributed by atoms with Gasteiger partial charge < -0.3 is 28.4 Å². The molecule has 1 aromatic rings. The van der Waals surface area contributed by atoms with Crippen molar-refractivity contribution in [2.75, 3.05) is 52.9 Å². The van der Waals surface area contributed by atoms with Gasteiger partial charge in [-0.15, -0.1) is 0 Å². The van der Waals surface area contributed by atoms with Crippen LogP contribution in [0.1, 0.15) is 72.1 Å². The fourth-order valence-corrected chi connectivity index (χ4v) is 3.35. The lowest BCUT2D eigenvalue weighted by atomic mass is 10.1. The summed E-state index contributed by atoms with van der Waals surface area (Å²) in [6.07, 6.45) is 8.26. The highest BCUT2D eigenvalue weighted by Gasteiger charge is 2.22. The number of benzene rings is 1. The normalized spacial score (nSPS) is 18.5. The Hall–Kier alpha value is -2.00. The number of ether oxygens (including phenoxy) is 6. The van der Waals surface area contributed by atoms with Crippen molar-refractivity contribution in [3.05, 3.63) is 35.4 Å². The molecule has 1 aromatic carbocycles. The molecule has 190 valence electrons. The average molecular weight is 479 g/mol. The van der Waals surface area contributed by atoms with Crippen molar-refractivity contribution in [1.29, 1.82) is 0 Å². The Kier molecular flexibility index (Phi) is 12.4. The van der Waals surface area contributed by atoms with Gasteiger partial charge in [-0.3, -0.25) is 0 Å². The second-order valence-electron chi connectivity index (χ2n) is 8.74. The molecule has 2 saturated heterocycles. The van der Waals surface area contributed by atoms with Gasteiger partial charge in [0.25, 0.3) is 0 Å². The highest BCUT2D eigenvalue weighted by atomic mass is 16.6. The van der Waals surface area contributed by atoms with Crippen molar-refractivity contribution < 1.29 is 38.0 Å². The summed E-state index contributed by atoms with van der Waals surface area (Å²) < 4.78 is 31.9. The second kappa shape index (κ2) is 15.8. The van der Waals surface area contributed by atoms with Crippen LogP contribution < -0.4 is 0 Å². The van der Waals surface area contributed by atoms with E-state index in [0.29, 0.717) is 49.8 Å². The number of carbonyl (C=O) groups is 2. The van der Waals surface area contributed by atoms with Crippen molar-refractivity contribution in [3.63, 3.8) is 0 Å². The van der Waals surface area contributed by atoms with Crippen molar-refractivity contribution >= 4 is 11.9 Å². The predicted octanol–water partition coefficient (Wildman–Crippen LogP) is 3.95. The molecule has 34 heavy (non-hydrogen) atoms. The zero-order valence-electron chi connectivity index (χ0n) is 20.0. The van der Waals surface area contributed by atoms with E-state index in [0.717, 1.165) is 77.8 Å². The molecular weight excluding hydrogens is 440 g/mol. The van der Waals surface area contributed by atoms with E-state index < -0.39 is 11.9 Å². The van der Waals surface area contributed by atoms with E-state index in [2.05, 4.69) is 0 Å². The molecule has 2 unspecified atom stereocenters. The maximum atomic E-state index is 12.3. The standard InChI is InChI=1S/C26H38O8/c27-25(31-14-7-3-1-5-12-29-17-23-19-33-23)21-10-9-11-22(16-21)26(28)32-15-8-4-2-6-13-30-18-24-20-34-24/h9-11,16,23-24H,1-8,12-15,17-20H2. The first kappa shape index (κ1) is 26.6. The molecular formula is C26H38O8. The first-order valence-corrected chi connectivity index (χ1v) is 12.6. The van der Waals surface area contributed by atoms with Crippen LogP contribution in [-0.2, 0) is 28.4 Å². The van der Waals surface area contributed by atoms with Crippen molar-refractivity contribution in [2.24, 2.45) is 0 Å². The fraction of sp³-hybridized carbons (Fsp3) is 0.692. The molecule has 2 heterocycles. The number of hydrogen-bond acceptors (Lipinski definition) is 8. The van der Waals surface area contributed by atoms with E-state index in [1.807, 2.05) is 0 Å². The molecule has 2 atom stereocenters. The van der Waals surface area contributed by atoms with Gasteiger partial charge in [-0.2, -0.15) is 0 Å². The zero-order chi connectivity index (χ0) is 23.8. The van der Waals surface area contributed by atoms with Gasteiger partial charge >= 0.3 is 11.9 Å². The summed E-state index contributed by atoms with van der Waals surface area (Å²) in [6.45, 7) is 5.25. The lowest BCUT2D eigenvalue weighted by Crippen LogP contribution is -2.10. The predicted molar refractivity (Wildman–Crippen MR) is 125 cm³/mol. The van der Waals surface area contributed by atoms with Crippen LogP contribution in [-0.4, -0.2) is 77.0 Å². The number of rotatable bonds is 20. The van der Waals surface area contributed by atoms with E-state index in [4.69, 9.17) is 28.4 Å². The Morgan fingerprint density at radius 2 is 1.09 bits per heavy atom. The summed E-state index contributed by atoms with van der Waals surface area (Å²) in [5.74, 6) is -0.837. The summed E-state index contributed by atoms with van der Waals surface area (Å²) in [4.78, 5) is 24.6. The smallest absolute Gasteiger partial charge is 0.338 e. The molecule has 0 bridgehead atoms. The van der Waals surface area contributed by atoms with Gasteiger partial charge in [0.15, 0.2) is 0 Å². The van der Waals surface area contributed by atoms with Gasteiger partial charge in [0, 0.05) is 13.2 Å². The van der Waals surface area contributed by atoms with E-state index in [1.165, 1.54) is 6.07 Å². The second-order valence-corrected chi connectivity index (χ2v) is 8.74. The van der Waals surface area contributed by atoms with Gasteiger partial charge in [0.1, 0.15) is 12.2 Å². The van der Waals surface area contributed by atoms with Crippen LogP contribution in [0.15, 0.2) is 24.3 Å². The first-order chi connectivity index (χ1) is 16.7. The molecule has 0 spiro atoms. The molecule has 0 radical (unpaired) electrons. The van der Waals surface area contributed by atoms with E-state index >= 15 is 0 Å². The molecule has 0 saturated carbocycles. The summed E-state index contributed by atoms with van der Waals surface area (Å²) in [6, 6.07) is 6.51. The molecule has 3 rings (SSSR count). The molecule has 2 aliphatic rings. The summed E-state index contributed by atoms with van der Waals surface area (Å²) >= 11 is 0. The highest BCUT2D eigenvalue weighted by molar-refractivity contribution is 5.95. The average Bonchev–Trinajstić information content (AvgIpc) is 3.77. The minimum atomic E-state index is -0.419. The van der Waals surface area contributed by atoms with Gasteiger partial charge in [0.05, 0.1) is 50.8 Å². The quantitative estimate of drug-likeness (QED) is 0.158. The van der Waals surface area contributed by atoms with E-state index in [1.54, 1.807) is 18.2 Å². The van der Waals surface area contributed by atoms with Gasteiger partial charge in [-0.25, -0.2) is 9.59 Å². The first-order valence-electron chi connectivity index (χ1n) is 12.6. The number of unbranched alkanes of at least 4 members (excludes halogenated alkanes) is 6. The molecule has 2 aliphatic heterocycles. The minimum absolute atomic E-state index is 0.313. The van der Waals surface area contributed by atoms with Crippen molar-refractivity contribution in [2.45, 2.75) is 63.6 Å². The Morgan fingerprint density at radius 3 is 1.50 bits per heavy atom. The van der Waals surface area contributed by atoms with Gasteiger partial charge in [-0.1, -0.05) is 18.9 Å². The summed E-state index contributed by atoms with van der Waals surface area (Å²) in [7, 11) is 0. The maximum Gasteiger partial charge on any atom is 0.338 e. The third-order valence-corrected chi connectivity index (χ3v) is 5.58. The molecule has 0 aliphatic carbocycles. The van der Waals surface area contributed by atoms with Crippen molar-refractivity contribution in [3.8, 4) is 0 Å². The van der Waals surface area contributed by atoms with Crippen LogP contribution in [0.2, 0.25) is 0 Å². The zero-order valence-corrected chi connectivity index (χ0v) is 20.0. The Morgan fingerprint density at radius 1 is 0.676 bits per heavy atom. The fourth-order valence-electron chi connectivity index (χ4n) is 3.35. The topological polar surface area (TPSA) is 96.1 Å². The third-order valence-electron chi connectivity index (χ3n) is 5.58. The lowest BCUT2D eigenvalue weighted by molar-refractivity contribution is 0.0494. The van der Waals surface area contributed by atoms with E-state index in [9.17, 15) is 9.59 Å². The molecule has 0 amide bonds. The van der Waals surface area contributed by atoms with Crippen LogP contribution in [0, 0.1) is 0 Å². The number of epoxide rings is 2. The van der Waals surface area contributed by atoms with Gasteiger partial charge in [-0.05, 0) is 56.7 Å². The SMILES string of the molecule is O=C(OCCCCCCOCC1CO1)c1cccc(C(=O)OCCCCCCOCC2CO2)c1. The number of hydrogen-bond donors (Lipinski definition) is 0. The number of esters is 2. The molecule has 8 nitrogen and oxygen atoms in total. The van der Waals surface area contributed by atoms with E-state index in [-0.39, 0.29) is 0 Å². The largest absolute Gasteiger partial charge is 0.462 e. The Labute approximate surface area is 202 Å². The van der Waals surface area contributed by atoms with Crippen LogP contribution in [0.3, 0.4) is 0 Å². The summed E-state index contributed by atoms with van der Waals surface area (Å²) in [5.41, 5.74) is 0.725. The molecule has 2 fully saturated rings. The molecule has 0 N–H and O–H groups in total. The third kappa shape index (κ3) is 11.9. The van der Waals surface area contributed by atoms with Crippen molar-refractivity contribution in [1.82, 2.24) is 0 Å². The summed E-state index contributed by atoms with van der Waals surface area (Å²) in [5, 5.41) is 0. The molecule has 8 heteroatoms. The number of carbonyl (C=O) groups excluding carboxylic acids is 2. The van der Waals surface area contributed by atoms with Crippen LogP contribution >= 0.6 is 0 Å². The van der Waals surface area contributed by atoms with Crippen LogP contribution in [0.5, 0.6) is 0 Å². The maximum absolute atomic E-state index is 12.3. The molecule has 0 aromatic heterocycles. The highest BCUT2D eigenvalue weighted by Crippen LogP contribution is 2.12. The van der Waals surface area contributed by atoms with Gasteiger partial charge in [0.2, 0.25) is 0 Å². The van der Waals surface area contributed by atoms with Crippen LogP contribution in [0.4, 0.5) is 0 Å².